The first-order valence-corrected chi connectivity index (χ1v) is 9.05. The Hall–Kier alpha value is -1.71. The minimum absolute atomic E-state index is 0.484. The van der Waals surface area contributed by atoms with Crippen LogP contribution in [0, 0.1) is 6.92 Å². The molecule has 2 aromatic carbocycles. The summed E-state index contributed by atoms with van der Waals surface area (Å²) in [4.78, 5) is 0. The second-order valence-corrected chi connectivity index (χ2v) is 7.17. The van der Waals surface area contributed by atoms with Crippen molar-refractivity contribution < 1.29 is 4.74 Å². The SMILES string of the molecule is COc1cc(Cl)cc2c3cc(C)ccc3n(C3CCCNCC3)c12. The van der Waals surface area contributed by atoms with Crippen LogP contribution >= 0.6 is 11.6 Å². The van der Waals surface area contributed by atoms with Gasteiger partial charge in [0.25, 0.3) is 0 Å². The highest BCUT2D eigenvalue weighted by molar-refractivity contribution is 6.32. The molecule has 2 heterocycles. The number of halogens is 1. The van der Waals surface area contributed by atoms with Crippen LogP contribution in [-0.2, 0) is 0 Å². The molecule has 4 heteroatoms. The highest BCUT2D eigenvalue weighted by atomic mass is 35.5. The topological polar surface area (TPSA) is 26.2 Å². The third kappa shape index (κ3) is 2.56. The van der Waals surface area contributed by atoms with Crippen molar-refractivity contribution in [3.63, 3.8) is 0 Å². The number of ether oxygens (including phenoxy) is 1. The molecule has 0 radical (unpaired) electrons. The minimum Gasteiger partial charge on any atom is -0.494 e. The van der Waals surface area contributed by atoms with Gasteiger partial charge in [0, 0.05) is 33.4 Å². The molecule has 3 nitrogen and oxygen atoms in total. The predicted molar refractivity (Wildman–Crippen MR) is 102 cm³/mol. The number of hydrogen-bond donors (Lipinski definition) is 1. The molecule has 1 unspecified atom stereocenters. The molecule has 24 heavy (non-hydrogen) atoms. The molecule has 3 aromatic rings. The number of hydrogen-bond acceptors (Lipinski definition) is 2. The molecule has 1 saturated heterocycles. The molecule has 1 atom stereocenters. The summed E-state index contributed by atoms with van der Waals surface area (Å²) in [5, 5.41) is 6.70. The van der Waals surface area contributed by atoms with Gasteiger partial charge in [-0.1, -0.05) is 23.2 Å². The predicted octanol–water partition coefficient (Wildman–Crippen LogP) is 5.08. The fourth-order valence-corrected chi connectivity index (χ4v) is 4.23. The zero-order chi connectivity index (χ0) is 16.7. The van der Waals surface area contributed by atoms with Crippen molar-refractivity contribution in [3.05, 3.63) is 40.9 Å². The second-order valence-electron chi connectivity index (χ2n) is 6.73. The van der Waals surface area contributed by atoms with Gasteiger partial charge in [-0.05, 0) is 57.5 Å². The Kier molecular flexibility index (Phi) is 4.15. The van der Waals surface area contributed by atoms with E-state index in [1.54, 1.807) is 7.11 Å². The Morgan fingerprint density at radius 3 is 2.83 bits per heavy atom. The van der Waals surface area contributed by atoms with Gasteiger partial charge in [0.15, 0.2) is 0 Å². The molecule has 1 fully saturated rings. The minimum atomic E-state index is 0.484. The second kappa shape index (κ2) is 6.30. The number of nitrogens with zero attached hydrogens (tertiary/aromatic N) is 1. The van der Waals surface area contributed by atoms with Crippen molar-refractivity contribution in [1.29, 1.82) is 0 Å². The van der Waals surface area contributed by atoms with Gasteiger partial charge in [-0.2, -0.15) is 0 Å². The molecule has 0 amide bonds. The van der Waals surface area contributed by atoms with Crippen molar-refractivity contribution in [2.24, 2.45) is 0 Å². The standard InChI is InChI=1S/C20H23ClN2O/c1-13-5-6-18-16(10-13)17-11-14(21)12-19(24-2)20(17)23(18)15-4-3-8-22-9-7-15/h5-6,10-12,15,22H,3-4,7-9H2,1-2H3. The van der Waals surface area contributed by atoms with Crippen molar-refractivity contribution in [3.8, 4) is 5.75 Å². The molecule has 0 saturated carbocycles. The third-order valence-electron chi connectivity index (χ3n) is 5.11. The maximum atomic E-state index is 6.36. The van der Waals surface area contributed by atoms with Crippen LogP contribution in [0.4, 0.5) is 0 Å². The highest BCUT2D eigenvalue weighted by Crippen LogP contribution is 2.41. The summed E-state index contributed by atoms with van der Waals surface area (Å²) in [5.41, 5.74) is 3.72. The summed E-state index contributed by atoms with van der Waals surface area (Å²) in [6, 6.07) is 11.2. The van der Waals surface area contributed by atoms with Crippen LogP contribution in [0.25, 0.3) is 21.8 Å². The number of benzene rings is 2. The van der Waals surface area contributed by atoms with Crippen molar-refractivity contribution in [2.75, 3.05) is 20.2 Å². The van der Waals surface area contributed by atoms with E-state index < -0.39 is 0 Å². The Morgan fingerprint density at radius 1 is 1.12 bits per heavy atom. The van der Waals surface area contributed by atoms with E-state index in [-0.39, 0.29) is 0 Å². The Morgan fingerprint density at radius 2 is 2.00 bits per heavy atom. The Labute approximate surface area is 147 Å². The number of aromatic nitrogens is 1. The largest absolute Gasteiger partial charge is 0.494 e. The van der Waals surface area contributed by atoms with E-state index >= 15 is 0 Å². The van der Waals surface area contributed by atoms with Crippen LogP contribution < -0.4 is 10.1 Å². The van der Waals surface area contributed by atoms with Crippen molar-refractivity contribution in [1.82, 2.24) is 9.88 Å². The number of fused-ring (bicyclic) bond motifs is 3. The van der Waals surface area contributed by atoms with Gasteiger partial charge in [-0.15, -0.1) is 0 Å². The monoisotopic (exact) mass is 342 g/mol. The maximum Gasteiger partial charge on any atom is 0.144 e. The van der Waals surface area contributed by atoms with Crippen LogP contribution in [-0.4, -0.2) is 24.8 Å². The van der Waals surface area contributed by atoms with Gasteiger partial charge in [-0.3, -0.25) is 0 Å². The van der Waals surface area contributed by atoms with Gasteiger partial charge >= 0.3 is 0 Å². The van der Waals surface area contributed by atoms with E-state index in [0.29, 0.717) is 6.04 Å². The third-order valence-corrected chi connectivity index (χ3v) is 5.33. The normalized spacial score (nSPS) is 18.9. The smallest absolute Gasteiger partial charge is 0.144 e. The maximum absolute atomic E-state index is 6.36. The zero-order valence-corrected chi connectivity index (χ0v) is 15.0. The Balaban J connectivity index is 2.08. The lowest BCUT2D eigenvalue weighted by Crippen LogP contribution is -2.15. The van der Waals surface area contributed by atoms with Crippen LogP contribution in [0.1, 0.15) is 30.9 Å². The molecule has 1 aliphatic rings. The lowest BCUT2D eigenvalue weighted by Gasteiger charge is -2.20. The molecule has 126 valence electrons. The fourth-order valence-electron chi connectivity index (χ4n) is 4.02. The van der Waals surface area contributed by atoms with E-state index in [2.05, 4.69) is 41.1 Å². The van der Waals surface area contributed by atoms with Crippen molar-refractivity contribution >= 4 is 33.4 Å². The Bertz CT molecular complexity index is 892. The van der Waals surface area contributed by atoms with Crippen LogP contribution in [0.5, 0.6) is 5.75 Å². The molecular formula is C20H23ClN2O. The quantitative estimate of drug-likeness (QED) is 0.703. The molecule has 1 aliphatic heterocycles. The van der Waals surface area contributed by atoms with Gasteiger partial charge in [0.05, 0.1) is 12.6 Å². The molecule has 0 bridgehead atoms. The van der Waals surface area contributed by atoms with Crippen LogP contribution in [0.3, 0.4) is 0 Å². The number of rotatable bonds is 2. The summed E-state index contributed by atoms with van der Waals surface area (Å²) in [5.74, 6) is 0.864. The molecular weight excluding hydrogens is 320 g/mol. The van der Waals surface area contributed by atoms with E-state index in [4.69, 9.17) is 16.3 Å². The van der Waals surface area contributed by atoms with Gasteiger partial charge in [-0.25, -0.2) is 0 Å². The average molecular weight is 343 g/mol. The zero-order valence-electron chi connectivity index (χ0n) is 14.2. The molecule has 4 rings (SSSR count). The summed E-state index contributed by atoms with van der Waals surface area (Å²) in [7, 11) is 1.73. The van der Waals surface area contributed by atoms with E-state index in [1.165, 1.54) is 40.2 Å². The van der Waals surface area contributed by atoms with E-state index in [0.717, 1.165) is 30.3 Å². The lowest BCUT2D eigenvalue weighted by molar-refractivity contribution is 0.412. The molecule has 1 N–H and O–H groups in total. The lowest BCUT2D eigenvalue weighted by atomic mass is 10.1. The average Bonchev–Trinajstić information content (AvgIpc) is 2.75. The van der Waals surface area contributed by atoms with E-state index in [9.17, 15) is 0 Å². The van der Waals surface area contributed by atoms with Crippen LogP contribution in [0.2, 0.25) is 5.02 Å². The fraction of sp³-hybridized carbons (Fsp3) is 0.400. The first-order valence-electron chi connectivity index (χ1n) is 8.67. The first-order chi connectivity index (χ1) is 11.7. The number of nitrogens with one attached hydrogen (secondary N) is 1. The van der Waals surface area contributed by atoms with Gasteiger partial charge < -0.3 is 14.6 Å². The van der Waals surface area contributed by atoms with Crippen molar-refractivity contribution in [2.45, 2.75) is 32.2 Å². The summed E-state index contributed by atoms with van der Waals surface area (Å²) in [6.07, 6.45) is 3.53. The first kappa shape index (κ1) is 15.8. The molecule has 1 aromatic heterocycles. The van der Waals surface area contributed by atoms with Gasteiger partial charge in [0.1, 0.15) is 5.75 Å². The molecule has 0 aliphatic carbocycles. The van der Waals surface area contributed by atoms with Crippen LogP contribution in [0.15, 0.2) is 30.3 Å². The summed E-state index contributed by atoms with van der Waals surface area (Å²) < 4.78 is 8.20. The van der Waals surface area contributed by atoms with Gasteiger partial charge in [0.2, 0.25) is 0 Å². The molecule has 0 spiro atoms. The summed E-state index contributed by atoms with van der Waals surface area (Å²) >= 11 is 6.36. The summed E-state index contributed by atoms with van der Waals surface area (Å²) in [6.45, 7) is 4.31. The number of aryl methyl sites for hydroxylation is 1. The van der Waals surface area contributed by atoms with E-state index in [1.807, 2.05) is 6.07 Å². The number of methoxy groups -OCH3 is 1. The highest BCUT2D eigenvalue weighted by Gasteiger charge is 2.22.